The Kier molecular flexibility index (Phi) is 5.10. The summed E-state index contributed by atoms with van der Waals surface area (Å²) in [5, 5.41) is 11.4. The lowest BCUT2D eigenvalue weighted by Gasteiger charge is -2.25. The SMILES string of the molecule is Cc1sc(=O)n(CC(=O)NC(C)(C)CCC(=O)O)c1C. The molecule has 0 spiro atoms. The topological polar surface area (TPSA) is 88.4 Å². The van der Waals surface area contributed by atoms with Gasteiger partial charge in [0, 0.05) is 22.5 Å². The van der Waals surface area contributed by atoms with E-state index in [1.54, 1.807) is 20.8 Å². The quantitative estimate of drug-likeness (QED) is 0.828. The zero-order valence-corrected chi connectivity index (χ0v) is 13.0. The van der Waals surface area contributed by atoms with E-state index in [0.717, 1.165) is 21.9 Å². The number of nitrogens with one attached hydrogen (secondary N) is 1. The lowest BCUT2D eigenvalue weighted by atomic mass is 9.98. The number of hydrogen-bond donors (Lipinski definition) is 2. The highest BCUT2D eigenvalue weighted by Gasteiger charge is 2.22. The molecular formula is C13H20N2O4S. The fourth-order valence-corrected chi connectivity index (χ4v) is 2.64. The van der Waals surface area contributed by atoms with Gasteiger partial charge < -0.3 is 10.4 Å². The zero-order chi connectivity index (χ0) is 15.5. The Morgan fingerprint density at radius 3 is 2.40 bits per heavy atom. The molecule has 0 saturated carbocycles. The van der Waals surface area contributed by atoms with Crippen LogP contribution in [0.15, 0.2) is 4.79 Å². The van der Waals surface area contributed by atoms with Crippen LogP contribution in [0.1, 0.15) is 37.3 Å². The normalized spacial score (nSPS) is 11.4. The molecule has 112 valence electrons. The second-order valence-corrected chi connectivity index (χ2v) is 6.59. The third kappa shape index (κ3) is 4.48. The molecule has 2 N–H and O–H groups in total. The van der Waals surface area contributed by atoms with Gasteiger partial charge in [0.1, 0.15) is 6.54 Å². The number of carbonyl (C=O) groups is 2. The molecule has 1 amide bonds. The van der Waals surface area contributed by atoms with Gasteiger partial charge in [-0.15, -0.1) is 0 Å². The Morgan fingerprint density at radius 1 is 1.35 bits per heavy atom. The summed E-state index contributed by atoms with van der Waals surface area (Å²) < 4.78 is 1.43. The lowest BCUT2D eigenvalue weighted by Crippen LogP contribution is -2.45. The van der Waals surface area contributed by atoms with Gasteiger partial charge in [0.25, 0.3) is 0 Å². The molecule has 0 unspecified atom stereocenters. The Labute approximate surface area is 121 Å². The van der Waals surface area contributed by atoms with Crippen molar-refractivity contribution in [2.75, 3.05) is 0 Å². The van der Waals surface area contributed by atoms with Crippen molar-refractivity contribution >= 4 is 23.2 Å². The highest BCUT2D eigenvalue weighted by molar-refractivity contribution is 7.09. The number of carboxylic acids is 1. The number of thiazole rings is 1. The number of carbonyl (C=O) groups excluding carboxylic acids is 1. The Bertz CT molecular complexity index is 571. The molecule has 7 heteroatoms. The summed E-state index contributed by atoms with van der Waals surface area (Å²) >= 11 is 1.12. The van der Waals surface area contributed by atoms with E-state index in [1.165, 1.54) is 4.57 Å². The summed E-state index contributed by atoms with van der Waals surface area (Å²) in [4.78, 5) is 35.0. The minimum Gasteiger partial charge on any atom is -0.481 e. The molecule has 0 atom stereocenters. The number of hydrogen-bond acceptors (Lipinski definition) is 4. The Balaban J connectivity index is 2.68. The van der Waals surface area contributed by atoms with Crippen molar-refractivity contribution in [1.29, 1.82) is 0 Å². The third-order valence-electron chi connectivity index (χ3n) is 3.12. The van der Waals surface area contributed by atoms with Gasteiger partial charge in [-0.25, -0.2) is 0 Å². The number of aryl methyl sites for hydroxylation is 1. The summed E-state index contributed by atoms with van der Waals surface area (Å²) in [5.74, 6) is -1.18. The Morgan fingerprint density at radius 2 is 1.95 bits per heavy atom. The standard InChI is InChI=1S/C13H20N2O4S/c1-8-9(2)20-12(19)15(8)7-10(16)14-13(3,4)6-5-11(17)18/h5-7H2,1-4H3,(H,14,16)(H,17,18). The molecule has 0 aliphatic heterocycles. The van der Waals surface area contributed by atoms with E-state index in [4.69, 9.17) is 5.11 Å². The maximum absolute atomic E-state index is 12.0. The van der Waals surface area contributed by atoms with Crippen LogP contribution in [0.25, 0.3) is 0 Å². The molecule has 0 fully saturated rings. The summed E-state index contributed by atoms with van der Waals surface area (Å²) in [5.41, 5.74) is 0.177. The smallest absolute Gasteiger partial charge is 0.308 e. The van der Waals surface area contributed by atoms with Crippen LogP contribution in [0.2, 0.25) is 0 Å². The first-order valence-corrected chi connectivity index (χ1v) is 7.13. The summed E-state index contributed by atoms with van der Waals surface area (Å²) in [7, 11) is 0. The average molecular weight is 300 g/mol. The molecule has 1 heterocycles. The van der Waals surface area contributed by atoms with Crippen molar-refractivity contribution in [3.05, 3.63) is 20.2 Å². The van der Waals surface area contributed by atoms with Gasteiger partial charge in [0.2, 0.25) is 5.91 Å². The van der Waals surface area contributed by atoms with E-state index < -0.39 is 11.5 Å². The molecule has 0 aromatic carbocycles. The van der Waals surface area contributed by atoms with Gasteiger partial charge >= 0.3 is 10.8 Å². The van der Waals surface area contributed by atoms with Crippen LogP contribution in [0.3, 0.4) is 0 Å². The highest BCUT2D eigenvalue weighted by atomic mass is 32.1. The molecule has 0 aliphatic carbocycles. The predicted octanol–water partition coefficient (Wildman–Crippen LogP) is 1.29. The van der Waals surface area contributed by atoms with Gasteiger partial charge in [-0.05, 0) is 34.1 Å². The summed E-state index contributed by atoms with van der Waals surface area (Å²) in [6, 6.07) is 0. The number of nitrogens with zero attached hydrogens (tertiary/aromatic N) is 1. The van der Waals surface area contributed by atoms with Gasteiger partial charge in [-0.2, -0.15) is 0 Å². The summed E-state index contributed by atoms with van der Waals surface area (Å²) in [6.07, 6.45) is 0.328. The largest absolute Gasteiger partial charge is 0.481 e. The summed E-state index contributed by atoms with van der Waals surface area (Å²) in [6.45, 7) is 7.14. The van der Waals surface area contributed by atoms with Gasteiger partial charge in [-0.1, -0.05) is 11.3 Å². The van der Waals surface area contributed by atoms with Crippen LogP contribution < -0.4 is 10.2 Å². The van der Waals surface area contributed by atoms with Crippen molar-refractivity contribution in [2.24, 2.45) is 0 Å². The van der Waals surface area contributed by atoms with Crippen molar-refractivity contribution in [3.63, 3.8) is 0 Å². The van der Waals surface area contributed by atoms with E-state index >= 15 is 0 Å². The van der Waals surface area contributed by atoms with Crippen molar-refractivity contribution in [2.45, 2.75) is 52.6 Å². The van der Waals surface area contributed by atoms with E-state index in [2.05, 4.69) is 5.32 Å². The highest BCUT2D eigenvalue weighted by Crippen LogP contribution is 2.12. The van der Waals surface area contributed by atoms with E-state index in [9.17, 15) is 14.4 Å². The molecule has 20 heavy (non-hydrogen) atoms. The predicted molar refractivity (Wildman–Crippen MR) is 77.1 cm³/mol. The fraction of sp³-hybridized carbons (Fsp3) is 0.615. The van der Waals surface area contributed by atoms with Crippen LogP contribution >= 0.6 is 11.3 Å². The maximum Gasteiger partial charge on any atom is 0.308 e. The van der Waals surface area contributed by atoms with E-state index in [1.807, 2.05) is 6.92 Å². The lowest BCUT2D eigenvalue weighted by molar-refractivity contribution is -0.137. The number of rotatable bonds is 6. The first kappa shape index (κ1) is 16.4. The minimum absolute atomic E-state index is 0.0101. The molecule has 1 rings (SSSR count). The van der Waals surface area contributed by atoms with Gasteiger partial charge in [0.15, 0.2) is 0 Å². The minimum atomic E-state index is -0.896. The van der Waals surface area contributed by atoms with Crippen LogP contribution in [0.5, 0.6) is 0 Å². The number of aliphatic carboxylic acids is 1. The van der Waals surface area contributed by atoms with Crippen molar-refractivity contribution in [1.82, 2.24) is 9.88 Å². The molecule has 1 aromatic heterocycles. The fourth-order valence-electron chi connectivity index (χ4n) is 1.81. The monoisotopic (exact) mass is 300 g/mol. The number of carboxylic acid groups (broad SMARTS) is 1. The first-order valence-electron chi connectivity index (χ1n) is 6.32. The van der Waals surface area contributed by atoms with Crippen molar-refractivity contribution in [3.8, 4) is 0 Å². The van der Waals surface area contributed by atoms with E-state index in [0.29, 0.717) is 6.42 Å². The molecule has 0 radical (unpaired) electrons. The number of aromatic nitrogens is 1. The number of amides is 1. The molecular weight excluding hydrogens is 280 g/mol. The zero-order valence-electron chi connectivity index (χ0n) is 12.1. The maximum atomic E-state index is 12.0. The van der Waals surface area contributed by atoms with Crippen LogP contribution in [0, 0.1) is 13.8 Å². The Hall–Kier alpha value is -1.63. The van der Waals surface area contributed by atoms with Crippen molar-refractivity contribution < 1.29 is 14.7 Å². The molecule has 0 bridgehead atoms. The van der Waals surface area contributed by atoms with Crippen LogP contribution in [-0.4, -0.2) is 27.1 Å². The molecule has 0 aliphatic rings. The second kappa shape index (κ2) is 6.21. The first-order chi connectivity index (χ1) is 9.12. The molecule has 6 nitrogen and oxygen atoms in total. The van der Waals surface area contributed by atoms with Gasteiger partial charge in [-0.3, -0.25) is 19.0 Å². The average Bonchev–Trinajstić information content (AvgIpc) is 2.53. The molecule has 1 aromatic rings. The third-order valence-corrected chi connectivity index (χ3v) is 4.12. The molecule has 0 saturated heterocycles. The van der Waals surface area contributed by atoms with Crippen LogP contribution in [-0.2, 0) is 16.1 Å². The second-order valence-electron chi connectivity index (χ2n) is 5.42. The van der Waals surface area contributed by atoms with Gasteiger partial charge in [0.05, 0.1) is 0 Å². The van der Waals surface area contributed by atoms with E-state index in [-0.39, 0.29) is 23.7 Å². The van der Waals surface area contributed by atoms with Crippen LogP contribution in [0.4, 0.5) is 0 Å².